The number of rotatable bonds is 6. The Morgan fingerprint density at radius 2 is 2.25 bits per heavy atom. The van der Waals surface area contributed by atoms with Crippen LogP contribution in [0.2, 0.25) is 0 Å². The van der Waals surface area contributed by atoms with Crippen molar-refractivity contribution in [3.05, 3.63) is 0 Å². The number of carbonyl (C=O) groups is 1. The molecule has 2 aliphatic rings. The van der Waals surface area contributed by atoms with Crippen molar-refractivity contribution in [1.29, 1.82) is 0 Å². The van der Waals surface area contributed by atoms with Gasteiger partial charge in [-0.1, -0.05) is 6.42 Å². The fourth-order valence-electron chi connectivity index (χ4n) is 3.05. The first-order chi connectivity index (χ1) is 9.63. The monoisotopic (exact) mass is 284 g/mol. The number of morpholine rings is 1. The third-order valence-electron chi connectivity index (χ3n) is 4.73. The van der Waals surface area contributed by atoms with Crippen molar-refractivity contribution < 1.29 is 14.3 Å². The van der Waals surface area contributed by atoms with Crippen LogP contribution in [0.5, 0.6) is 0 Å². The first-order valence-electron chi connectivity index (χ1n) is 7.79. The van der Waals surface area contributed by atoms with E-state index in [9.17, 15) is 4.79 Å². The van der Waals surface area contributed by atoms with Crippen molar-refractivity contribution in [1.82, 2.24) is 9.80 Å². The summed E-state index contributed by atoms with van der Waals surface area (Å²) < 4.78 is 10.4. The summed E-state index contributed by atoms with van der Waals surface area (Å²) in [5, 5.41) is 0. The average Bonchev–Trinajstić information content (AvgIpc) is 2.41. The molecule has 1 aliphatic carbocycles. The first kappa shape index (κ1) is 15.7. The Kier molecular flexibility index (Phi) is 5.81. The van der Waals surface area contributed by atoms with Crippen LogP contribution in [0.4, 0.5) is 0 Å². The molecule has 2 rings (SSSR count). The zero-order valence-corrected chi connectivity index (χ0v) is 13.0. The van der Waals surface area contributed by atoms with Gasteiger partial charge in [-0.05, 0) is 26.7 Å². The molecule has 0 unspecified atom stereocenters. The van der Waals surface area contributed by atoms with Crippen molar-refractivity contribution in [2.45, 2.75) is 51.2 Å². The Hall–Kier alpha value is -0.650. The highest BCUT2D eigenvalue weighted by Gasteiger charge is 2.32. The van der Waals surface area contributed by atoms with E-state index in [1.54, 1.807) is 0 Å². The predicted molar refractivity (Wildman–Crippen MR) is 77.7 cm³/mol. The number of hydrogen-bond donors (Lipinski definition) is 0. The maximum absolute atomic E-state index is 11.8. The van der Waals surface area contributed by atoms with Crippen LogP contribution in [0.1, 0.15) is 33.1 Å². The molecule has 0 bridgehead atoms. The zero-order valence-electron chi connectivity index (χ0n) is 13.0. The smallest absolute Gasteiger partial charge is 0.322 e. The second kappa shape index (κ2) is 7.38. The average molecular weight is 284 g/mol. The lowest BCUT2D eigenvalue weighted by Gasteiger charge is -2.42. The van der Waals surface area contributed by atoms with Crippen molar-refractivity contribution in [2.24, 2.45) is 0 Å². The fraction of sp³-hybridized carbons (Fsp3) is 0.933. The van der Waals surface area contributed by atoms with E-state index in [1.807, 2.05) is 6.92 Å². The first-order valence-corrected chi connectivity index (χ1v) is 7.79. The van der Waals surface area contributed by atoms with Crippen LogP contribution in [-0.4, -0.2) is 73.9 Å². The lowest BCUT2D eigenvalue weighted by atomic mass is 9.90. The van der Waals surface area contributed by atoms with Crippen molar-refractivity contribution in [2.75, 3.05) is 40.0 Å². The highest BCUT2D eigenvalue weighted by atomic mass is 16.5. The normalized spacial score (nSPS) is 26.3. The van der Waals surface area contributed by atoms with E-state index in [1.165, 1.54) is 26.4 Å². The molecule has 0 aromatic carbocycles. The molecule has 0 aromatic rings. The number of ether oxygens (including phenoxy) is 2. The van der Waals surface area contributed by atoms with Crippen molar-refractivity contribution >= 4 is 5.97 Å². The minimum absolute atomic E-state index is 0.119. The molecule has 1 aliphatic heterocycles. The van der Waals surface area contributed by atoms with Crippen LogP contribution in [0.3, 0.4) is 0 Å². The molecule has 0 spiro atoms. The maximum atomic E-state index is 11.8. The SMILES string of the molecule is COC(=O)[C@H](C)N(CCN1CCOC[C@H]1C)C1CCC1. The van der Waals surface area contributed by atoms with Crippen LogP contribution in [0, 0.1) is 0 Å². The number of carbonyl (C=O) groups excluding carboxylic acids is 1. The van der Waals surface area contributed by atoms with E-state index in [0.717, 1.165) is 32.8 Å². The van der Waals surface area contributed by atoms with Gasteiger partial charge in [0.1, 0.15) is 6.04 Å². The van der Waals surface area contributed by atoms with Crippen molar-refractivity contribution in [3.63, 3.8) is 0 Å². The van der Waals surface area contributed by atoms with Gasteiger partial charge in [0.05, 0.1) is 20.3 Å². The Labute approximate surface area is 122 Å². The summed E-state index contributed by atoms with van der Waals surface area (Å²) in [5.74, 6) is -0.119. The Bertz CT molecular complexity index is 320. The quantitative estimate of drug-likeness (QED) is 0.684. The van der Waals surface area contributed by atoms with E-state index >= 15 is 0 Å². The number of methoxy groups -OCH3 is 1. The molecule has 1 saturated carbocycles. The van der Waals surface area contributed by atoms with Crippen LogP contribution in [0.15, 0.2) is 0 Å². The van der Waals surface area contributed by atoms with Gasteiger partial charge in [0.15, 0.2) is 0 Å². The van der Waals surface area contributed by atoms with E-state index < -0.39 is 0 Å². The van der Waals surface area contributed by atoms with Crippen molar-refractivity contribution in [3.8, 4) is 0 Å². The van der Waals surface area contributed by atoms with Gasteiger partial charge in [-0.2, -0.15) is 0 Å². The van der Waals surface area contributed by atoms with E-state index in [0.29, 0.717) is 12.1 Å². The molecule has 0 aromatic heterocycles. The molecule has 0 radical (unpaired) electrons. The highest BCUT2D eigenvalue weighted by molar-refractivity contribution is 5.75. The standard InChI is InChI=1S/C15H28N2O3/c1-12-11-20-10-9-16(12)7-8-17(14-5-4-6-14)13(2)15(18)19-3/h12-14H,4-11H2,1-3H3/t12-,13+/m1/s1. The Balaban J connectivity index is 1.88. The molecular weight excluding hydrogens is 256 g/mol. The van der Waals surface area contributed by atoms with Crippen LogP contribution < -0.4 is 0 Å². The van der Waals surface area contributed by atoms with Gasteiger partial charge in [0.2, 0.25) is 0 Å². The van der Waals surface area contributed by atoms with E-state index in [2.05, 4.69) is 16.7 Å². The van der Waals surface area contributed by atoms with Gasteiger partial charge < -0.3 is 9.47 Å². The zero-order chi connectivity index (χ0) is 14.5. The molecule has 0 amide bonds. The van der Waals surface area contributed by atoms with Gasteiger partial charge >= 0.3 is 5.97 Å². The minimum atomic E-state index is -0.137. The van der Waals surface area contributed by atoms with Gasteiger partial charge in [0, 0.05) is 31.7 Å². The molecule has 5 heteroatoms. The summed E-state index contributed by atoms with van der Waals surface area (Å²) in [4.78, 5) is 16.6. The lowest BCUT2D eigenvalue weighted by Crippen LogP contribution is -2.53. The summed E-state index contributed by atoms with van der Waals surface area (Å²) in [6.45, 7) is 8.74. The summed E-state index contributed by atoms with van der Waals surface area (Å²) >= 11 is 0. The van der Waals surface area contributed by atoms with Crippen LogP contribution in [-0.2, 0) is 14.3 Å². The lowest BCUT2D eigenvalue weighted by molar-refractivity contribution is -0.148. The topological polar surface area (TPSA) is 42.0 Å². The van der Waals surface area contributed by atoms with Gasteiger partial charge in [0.25, 0.3) is 0 Å². The Morgan fingerprint density at radius 1 is 1.50 bits per heavy atom. The molecule has 2 atom stereocenters. The molecule has 0 N–H and O–H groups in total. The second-order valence-corrected chi connectivity index (χ2v) is 5.98. The minimum Gasteiger partial charge on any atom is -0.468 e. The number of nitrogens with zero attached hydrogens (tertiary/aromatic N) is 2. The van der Waals surface area contributed by atoms with Gasteiger partial charge in [-0.15, -0.1) is 0 Å². The molecule has 5 nitrogen and oxygen atoms in total. The summed E-state index contributed by atoms with van der Waals surface area (Å²) in [5.41, 5.74) is 0. The Morgan fingerprint density at radius 3 is 2.80 bits per heavy atom. The number of esters is 1. The molecule has 1 heterocycles. The summed E-state index contributed by atoms with van der Waals surface area (Å²) in [6, 6.07) is 0.891. The largest absolute Gasteiger partial charge is 0.468 e. The van der Waals surface area contributed by atoms with E-state index in [-0.39, 0.29) is 12.0 Å². The van der Waals surface area contributed by atoms with Gasteiger partial charge in [-0.25, -0.2) is 0 Å². The van der Waals surface area contributed by atoms with Crippen LogP contribution in [0.25, 0.3) is 0 Å². The predicted octanol–water partition coefficient (Wildman–Crippen LogP) is 1.12. The maximum Gasteiger partial charge on any atom is 0.322 e. The third kappa shape index (κ3) is 3.71. The fourth-order valence-corrected chi connectivity index (χ4v) is 3.05. The molecule has 1 saturated heterocycles. The van der Waals surface area contributed by atoms with E-state index in [4.69, 9.17) is 9.47 Å². The number of hydrogen-bond acceptors (Lipinski definition) is 5. The highest BCUT2D eigenvalue weighted by Crippen LogP contribution is 2.26. The third-order valence-corrected chi connectivity index (χ3v) is 4.73. The molecule has 2 fully saturated rings. The molecule has 116 valence electrons. The van der Waals surface area contributed by atoms with Gasteiger partial charge in [-0.3, -0.25) is 14.6 Å². The molecule has 20 heavy (non-hydrogen) atoms. The van der Waals surface area contributed by atoms with Crippen LogP contribution >= 0.6 is 0 Å². The second-order valence-electron chi connectivity index (χ2n) is 5.98. The summed E-state index contributed by atoms with van der Waals surface area (Å²) in [6.07, 6.45) is 3.70. The summed E-state index contributed by atoms with van der Waals surface area (Å²) in [7, 11) is 1.47. The molecular formula is C15H28N2O3.